The van der Waals surface area contributed by atoms with Crippen LogP contribution in [0.3, 0.4) is 0 Å². The Morgan fingerprint density at radius 1 is 1.50 bits per heavy atom. The number of hydrogen-bond acceptors (Lipinski definition) is 4. The number of rotatable bonds is 6. The number of pyridine rings is 1. The van der Waals surface area contributed by atoms with E-state index in [1.54, 1.807) is 28.2 Å². The van der Waals surface area contributed by atoms with E-state index in [1.165, 1.54) is 0 Å². The lowest BCUT2D eigenvalue weighted by molar-refractivity contribution is -0.119. The molecule has 0 aliphatic heterocycles. The van der Waals surface area contributed by atoms with Gasteiger partial charge in [-0.05, 0) is 31.4 Å². The van der Waals surface area contributed by atoms with Gasteiger partial charge in [-0.15, -0.1) is 0 Å². The van der Waals surface area contributed by atoms with E-state index < -0.39 is 0 Å². The highest BCUT2D eigenvalue weighted by Gasteiger charge is 2.37. The molecule has 24 heavy (non-hydrogen) atoms. The summed E-state index contributed by atoms with van der Waals surface area (Å²) in [6, 6.07) is 3.73. The van der Waals surface area contributed by atoms with Crippen LogP contribution in [0, 0.1) is 0 Å². The van der Waals surface area contributed by atoms with Crippen molar-refractivity contribution in [1.82, 2.24) is 14.8 Å². The van der Waals surface area contributed by atoms with Crippen molar-refractivity contribution in [3.8, 4) is 5.69 Å². The molecule has 0 saturated heterocycles. The Bertz CT molecular complexity index is 715. The van der Waals surface area contributed by atoms with Crippen molar-refractivity contribution in [1.29, 1.82) is 0 Å². The molecule has 0 aromatic carbocycles. The molecule has 2 aromatic rings. The molecule has 1 fully saturated rings. The van der Waals surface area contributed by atoms with Gasteiger partial charge in [0.05, 0.1) is 18.1 Å². The summed E-state index contributed by atoms with van der Waals surface area (Å²) in [5, 5.41) is 4.65. The summed E-state index contributed by atoms with van der Waals surface area (Å²) in [4.78, 5) is 18.6. The SMILES string of the molecule is CCCN(C(=O)CC1(S)CCC1)c1cn(-c2cccnc2)nc1Cl. The monoisotopic (exact) mass is 364 g/mol. The van der Waals surface area contributed by atoms with Crippen molar-refractivity contribution in [3.63, 3.8) is 0 Å². The van der Waals surface area contributed by atoms with Crippen LogP contribution in [-0.2, 0) is 4.79 Å². The summed E-state index contributed by atoms with van der Waals surface area (Å²) in [6.45, 7) is 2.65. The van der Waals surface area contributed by atoms with Gasteiger partial charge in [-0.25, -0.2) is 4.68 Å². The molecule has 1 aliphatic carbocycles. The Balaban J connectivity index is 1.85. The maximum absolute atomic E-state index is 12.8. The first kappa shape index (κ1) is 17.3. The molecule has 2 aromatic heterocycles. The van der Waals surface area contributed by atoms with Crippen LogP contribution in [-0.4, -0.2) is 32.0 Å². The number of aromatic nitrogens is 3. The molecule has 0 N–H and O–H groups in total. The number of halogens is 1. The van der Waals surface area contributed by atoms with Crippen molar-refractivity contribution < 1.29 is 4.79 Å². The number of hydrogen-bond donors (Lipinski definition) is 1. The van der Waals surface area contributed by atoms with Crippen LogP contribution in [0.5, 0.6) is 0 Å². The van der Waals surface area contributed by atoms with Crippen molar-refractivity contribution in [2.24, 2.45) is 0 Å². The minimum absolute atomic E-state index is 0.0548. The minimum atomic E-state index is -0.158. The molecule has 1 aliphatic rings. The standard InChI is InChI=1S/C17H21ClN4OS/c1-2-9-21(15(23)10-17(24)6-4-7-17)14-12-22(20-16(14)18)13-5-3-8-19-11-13/h3,5,8,11-12,24H,2,4,6-7,9-10H2,1H3. The van der Waals surface area contributed by atoms with Gasteiger partial charge in [0.15, 0.2) is 5.15 Å². The Morgan fingerprint density at radius 2 is 2.29 bits per heavy atom. The van der Waals surface area contributed by atoms with Gasteiger partial charge in [-0.2, -0.15) is 17.7 Å². The van der Waals surface area contributed by atoms with Crippen LogP contribution in [0.1, 0.15) is 39.0 Å². The number of nitrogens with zero attached hydrogens (tertiary/aromatic N) is 4. The molecule has 128 valence electrons. The molecule has 0 radical (unpaired) electrons. The average Bonchev–Trinajstić information content (AvgIpc) is 2.93. The molecule has 0 bridgehead atoms. The minimum Gasteiger partial charge on any atom is -0.308 e. The number of carbonyl (C=O) groups is 1. The third-order valence-corrected chi connectivity index (χ3v) is 5.24. The van der Waals surface area contributed by atoms with E-state index in [4.69, 9.17) is 11.6 Å². The molecular formula is C17H21ClN4OS. The molecule has 3 rings (SSSR count). The molecule has 0 atom stereocenters. The van der Waals surface area contributed by atoms with E-state index in [1.807, 2.05) is 19.1 Å². The second kappa shape index (κ2) is 7.15. The third-order valence-electron chi connectivity index (χ3n) is 4.37. The van der Waals surface area contributed by atoms with Crippen LogP contribution < -0.4 is 4.90 Å². The summed E-state index contributed by atoms with van der Waals surface area (Å²) < 4.78 is 1.50. The van der Waals surface area contributed by atoms with E-state index in [0.717, 1.165) is 31.4 Å². The lowest BCUT2D eigenvalue weighted by Gasteiger charge is -2.38. The third kappa shape index (κ3) is 3.59. The normalized spacial score (nSPS) is 15.8. The Kier molecular flexibility index (Phi) is 5.15. The predicted molar refractivity (Wildman–Crippen MR) is 99.2 cm³/mol. The highest BCUT2D eigenvalue weighted by molar-refractivity contribution is 7.81. The number of thiol groups is 1. The zero-order chi connectivity index (χ0) is 17.2. The van der Waals surface area contributed by atoms with Gasteiger partial charge in [-0.3, -0.25) is 9.78 Å². The average molecular weight is 365 g/mol. The molecule has 5 nitrogen and oxygen atoms in total. The van der Waals surface area contributed by atoms with Gasteiger partial charge in [-0.1, -0.05) is 24.9 Å². The van der Waals surface area contributed by atoms with Gasteiger partial charge in [0.25, 0.3) is 0 Å². The second-order valence-corrected chi connectivity index (χ2v) is 7.57. The van der Waals surface area contributed by atoms with Crippen molar-refractivity contribution >= 4 is 35.8 Å². The first-order valence-electron chi connectivity index (χ1n) is 8.21. The van der Waals surface area contributed by atoms with E-state index in [9.17, 15) is 4.79 Å². The maximum atomic E-state index is 12.8. The Labute approximate surface area is 152 Å². The summed E-state index contributed by atoms with van der Waals surface area (Å²) in [5.74, 6) is 0.0548. The zero-order valence-corrected chi connectivity index (χ0v) is 15.3. The molecule has 2 heterocycles. The number of amides is 1. The first-order chi connectivity index (χ1) is 11.5. The van der Waals surface area contributed by atoms with E-state index in [0.29, 0.717) is 23.8 Å². The molecule has 7 heteroatoms. The van der Waals surface area contributed by atoms with E-state index >= 15 is 0 Å². The van der Waals surface area contributed by atoms with Crippen LogP contribution in [0.2, 0.25) is 5.15 Å². The first-order valence-corrected chi connectivity index (χ1v) is 9.03. The molecule has 0 unspecified atom stereocenters. The number of carbonyl (C=O) groups excluding carboxylic acids is 1. The van der Waals surface area contributed by atoms with Crippen molar-refractivity contribution in [2.45, 2.75) is 43.8 Å². The largest absolute Gasteiger partial charge is 0.308 e. The summed E-state index contributed by atoms with van der Waals surface area (Å²) in [6.07, 6.45) is 9.60. The van der Waals surface area contributed by atoms with Gasteiger partial charge in [0.2, 0.25) is 5.91 Å². The quantitative estimate of drug-likeness (QED) is 0.791. The summed E-state index contributed by atoms with van der Waals surface area (Å²) >= 11 is 11.0. The van der Waals surface area contributed by atoms with Crippen LogP contribution in [0.15, 0.2) is 30.7 Å². The predicted octanol–water partition coefficient (Wildman–Crippen LogP) is 3.91. The van der Waals surface area contributed by atoms with Crippen LogP contribution >= 0.6 is 24.2 Å². The van der Waals surface area contributed by atoms with Crippen LogP contribution in [0.4, 0.5) is 5.69 Å². The van der Waals surface area contributed by atoms with Gasteiger partial charge >= 0.3 is 0 Å². The summed E-state index contributed by atoms with van der Waals surface area (Å²) in [7, 11) is 0. The second-order valence-electron chi connectivity index (χ2n) is 6.26. The Morgan fingerprint density at radius 3 is 2.88 bits per heavy atom. The van der Waals surface area contributed by atoms with E-state index in [-0.39, 0.29) is 10.7 Å². The molecule has 1 amide bonds. The van der Waals surface area contributed by atoms with Crippen molar-refractivity contribution in [2.75, 3.05) is 11.4 Å². The number of anilines is 1. The fraction of sp³-hybridized carbons (Fsp3) is 0.471. The Hall–Kier alpha value is -1.53. The topological polar surface area (TPSA) is 51.0 Å². The molecule has 0 spiro atoms. The molecule has 1 saturated carbocycles. The lowest BCUT2D eigenvalue weighted by Crippen LogP contribution is -2.40. The highest BCUT2D eigenvalue weighted by atomic mass is 35.5. The van der Waals surface area contributed by atoms with Gasteiger partial charge < -0.3 is 4.90 Å². The lowest BCUT2D eigenvalue weighted by atomic mass is 9.81. The van der Waals surface area contributed by atoms with Crippen LogP contribution in [0.25, 0.3) is 5.69 Å². The zero-order valence-electron chi connectivity index (χ0n) is 13.7. The fourth-order valence-electron chi connectivity index (χ4n) is 2.89. The van der Waals surface area contributed by atoms with Gasteiger partial charge in [0, 0.05) is 23.9 Å². The van der Waals surface area contributed by atoms with E-state index in [2.05, 4.69) is 22.7 Å². The van der Waals surface area contributed by atoms with Gasteiger partial charge in [0.1, 0.15) is 5.69 Å². The highest BCUT2D eigenvalue weighted by Crippen LogP contribution is 2.41. The molecular weight excluding hydrogens is 344 g/mol. The van der Waals surface area contributed by atoms with Crippen molar-refractivity contribution in [3.05, 3.63) is 35.9 Å². The fourth-order valence-corrected chi connectivity index (χ4v) is 3.57. The summed E-state index contributed by atoms with van der Waals surface area (Å²) in [5.41, 5.74) is 1.45. The smallest absolute Gasteiger partial charge is 0.228 e. The maximum Gasteiger partial charge on any atom is 0.228 e.